The minimum Gasteiger partial charge on any atom is -0.380 e. The zero-order valence-corrected chi connectivity index (χ0v) is 13.3. The molecule has 0 atom stereocenters. The van der Waals surface area contributed by atoms with Gasteiger partial charge in [-0.05, 0) is 28.6 Å². The predicted molar refractivity (Wildman–Crippen MR) is 94.7 cm³/mol. The molecule has 0 aliphatic carbocycles. The van der Waals surface area contributed by atoms with Gasteiger partial charge in [0.2, 0.25) is 0 Å². The summed E-state index contributed by atoms with van der Waals surface area (Å²) in [4.78, 5) is 8.44. The molecule has 0 bridgehead atoms. The van der Waals surface area contributed by atoms with Gasteiger partial charge in [-0.25, -0.2) is 4.98 Å². The van der Waals surface area contributed by atoms with Crippen LogP contribution in [0.1, 0.15) is 11.1 Å². The standard InChI is InChI=1S/C18H16N4S/c1-3-15(12-22-9-8-19-13-22)4-2-14(1)11-21-16-5-7-20-17-6-10-23-18(16)17/h1-10,13H,11-12H2,(H,20,21). The van der Waals surface area contributed by atoms with Crippen LogP contribution in [0, 0.1) is 0 Å². The van der Waals surface area contributed by atoms with Gasteiger partial charge in [0.15, 0.2) is 0 Å². The fourth-order valence-corrected chi connectivity index (χ4v) is 3.41. The van der Waals surface area contributed by atoms with Crippen molar-refractivity contribution in [1.82, 2.24) is 14.5 Å². The monoisotopic (exact) mass is 320 g/mol. The van der Waals surface area contributed by atoms with E-state index < -0.39 is 0 Å². The average Bonchev–Trinajstić information content (AvgIpc) is 3.25. The van der Waals surface area contributed by atoms with Gasteiger partial charge >= 0.3 is 0 Å². The molecular weight excluding hydrogens is 304 g/mol. The van der Waals surface area contributed by atoms with E-state index in [2.05, 4.69) is 55.6 Å². The molecule has 0 saturated heterocycles. The van der Waals surface area contributed by atoms with Crippen LogP contribution in [-0.2, 0) is 13.1 Å². The number of hydrogen-bond acceptors (Lipinski definition) is 4. The highest BCUT2D eigenvalue weighted by molar-refractivity contribution is 7.17. The predicted octanol–water partition coefficient (Wildman–Crippen LogP) is 4.15. The van der Waals surface area contributed by atoms with E-state index in [1.807, 2.05) is 24.8 Å². The van der Waals surface area contributed by atoms with Gasteiger partial charge in [-0.1, -0.05) is 24.3 Å². The van der Waals surface area contributed by atoms with Crippen molar-refractivity contribution in [3.05, 3.63) is 77.8 Å². The van der Waals surface area contributed by atoms with Crippen LogP contribution < -0.4 is 5.32 Å². The highest BCUT2D eigenvalue weighted by atomic mass is 32.1. The van der Waals surface area contributed by atoms with Gasteiger partial charge in [0, 0.05) is 31.7 Å². The molecule has 4 rings (SSSR count). The second-order valence-corrected chi connectivity index (χ2v) is 6.31. The normalized spacial score (nSPS) is 11.0. The summed E-state index contributed by atoms with van der Waals surface area (Å²) in [5.41, 5.74) is 4.74. The lowest BCUT2D eigenvalue weighted by molar-refractivity contribution is 0.797. The zero-order chi connectivity index (χ0) is 15.5. The van der Waals surface area contributed by atoms with Gasteiger partial charge in [0.1, 0.15) is 0 Å². The Balaban J connectivity index is 1.44. The van der Waals surface area contributed by atoms with Gasteiger partial charge in [0.05, 0.1) is 22.2 Å². The first-order valence-corrected chi connectivity index (χ1v) is 8.36. The molecule has 0 unspecified atom stereocenters. The van der Waals surface area contributed by atoms with Gasteiger partial charge in [-0.15, -0.1) is 11.3 Å². The number of imidazole rings is 1. The maximum atomic E-state index is 4.37. The molecule has 0 radical (unpaired) electrons. The summed E-state index contributed by atoms with van der Waals surface area (Å²) >= 11 is 1.72. The van der Waals surface area contributed by atoms with Crippen molar-refractivity contribution in [3.8, 4) is 0 Å². The SMILES string of the molecule is c1cn(Cc2ccc(CNc3ccnc4ccsc34)cc2)cn1. The Morgan fingerprint density at radius 1 is 1.00 bits per heavy atom. The Kier molecular flexibility index (Phi) is 3.78. The minimum absolute atomic E-state index is 0.808. The van der Waals surface area contributed by atoms with Crippen LogP contribution in [0.25, 0.3) is 10.2 Å². The maximum Gasteiger partial charge on any atom is 0.0949 e. The molecule has 0 saturated carbocycles. The number of thiophene rings is 1. The van der Waals surface area contributed by atoms with Gasteiger partial charge < -0.3 is 9.88 Å². The summed E-state index contributed by atoms with van der Waals surface area (Å²) in [6.45, 7) is 1.66. The number of rotatable bonds is 5. The van der Waals surface area contributed by atoms with Gasteiger partial charge in [0.25, 0.3) is 0 Å². The fraction of sp³-hybridized carbons (Fsp3) is 0.111. The summed E-state index contributed by atoms with van der Waals surface area (Å²) in [5, 5.41) is 5.59. The Morgan fingerprint density at radius 2 is 1.87 bits per heavy atom. The largest absolute Gasteiger partial charge is 0.380 e. The highest BCUT2D eigenvalue weighted by Crippen LogP contribution is 2.27. The number of pyridine rings is 1. The van der Waals surface area contributed by atoms with E-state index >= 15 is 0 Å². The molecule has 23 heavy (non-hydrogen) atoms. The third-order valence-electron chi connectivity index (χ3n) is 3.77. The van der Waals surface area contributed by atoms with Crippen molar-refractivity contribution in [2.24, 2.45) is 0 Å². The van der Waals surface area contributed by atoms with Crippen LogP contribution in [0.3, 0.4) is 0 Å². The number of fused-ring (bicyclic) bond motifs is 1. The molecular formula is C18H16N4S. The Bertz CT molecular complexity index is 894. The van der Waals surface area contributed by atoms with E-state index in [9.17, 15) is 0 Å². The van der Waals surface area contributed by atoms with Crippen LogP contribution in [0.2, 0.25) is 0 Å². The second kappa shape index (κ2) is 6.22. The van der Waals surface area contributed by atoms with Crippen molar-refractivity contribution in [1.29, 1.82) is 0 Å². The van der Waals surface area contributed by atoms with E-state index in [0.717, 1.165) is 24.3 Å². The lowest BCUT2D eigenvalue weighted by Crippen LogP contribution is -2.01. The van der Waals surface area contributed by atoms with Crippen LogP contribution >= 0.6 is 11.3 Å². The van der Waals surface area contributed by atoms with Crippen LogP contribution in [-0.4, -0.2) is 14.5 Å². The van der Waals surface area contributed by atoms with E-state index in [1.165, 1.54) is 15.8 Å². The quantitative estimate of drug-likeness (QED) is 0.600. The lowest BCUT2D eigenvalue weighted by atomic mass is 10.1. The van der Waals surface area contributed by atoms with Crippen molar-refractivity contribution < 1.29 is 0 Å². The molecule has 4 aromatic rings. The van der Waals surface area contributed by atoms with Crippen molar-refractivity contribution >= 4 is 27.2 Å². The molecule has 0 fully saturated rings. The third-order valence-corrected chi connectivity index (χ3v) is 4.71. The topological polar surface area (TPSA) is 42.7 Å². The van der Waals surface area contributed by atoms with Crippen molar-refractivity contribution in [3.63, 3.8) is 0 Å². The number of nitrogens with zero attached hydrogens (tertiary/aromatic N) is 3. The fourth-order valence-electron chi connectivity index (χ4n) is 2.56. The third kappa shape index (κ3) is 3.10. The maximum absolute atomic E-state index is 4.37. The van der Waals surface area contributed by atoms with E-state index in [4.69, 9.17) is 0 Å². The minimum atomic E-state index is 0.808. The smallest absolute Gasteiger partial charge is 0.0949 e. The number of anilines is 1. The van der Waals surface area contributed by atoms with E-state index in [-0.39, 0.29) is 0 Å². The Hall–Kier alpha value is -2.66. The first kappa shape index (κ1) is 14.0. The number of benzene rings is 1. The zero-order valence-electron chi connectivity index (χ0n) is 12.5. The molecule has 0 spiro atoms. The number of nitrogens with one attached hydrogen (secondary N) is 1. The summed E-state index contributed by atoms with van der Waals surface area (Å²) in [5.74, 6) is 0. The summed E-state index contributed by atoms with van der Waals surface area (Å²) in [6, 6.07) is 12.8. The first-order chi connectivity index (χ1) is 11.4. The van der Waals surface area contributed by atoms with Crippen LogP contribution in [0.4, 0.5) is 5.69 Å². The van der Waals surface area contributed by atoms with E-state index in [1.54, 1.807) is 17.5 Å². The molecule has 5 heteroatoms. The molecule has 1 aromatic carbocycles. The molecule has 3 aromatic heterocycles. The molecule has 0 aliphatic heterocycles. The van der Waals surface area contributed by atoms with Gasteiger partial charge in [-0.2, -0.15) is 0 Å². The molecule has 4 nitrogen and oxygen atoms in total. The highest BCUT2D eigenvalue weighted by Gasteiger charge is 2.03. The van der Waals surface area contributed by atoms with Gasteiger partial charge in [-0.3, -0.25) is 4.98 Å². The second-order valence-electron chi connectivity index (χ2n) is 5.40. The molecule has 0 aliphatic rings. The molecule has 3 heterocycles. The lowest BCUT2D eigenvalue weighted by Gasteiger charge is -2.08. The summed E-state index contributed by atoms with van der Waals surface area (Å²) in [7, 11) is 0. The van der Waals surface area contributed by atoms with Crippen LogP contribution in [0.5, 0.6) is 0 Å². The Morgan fingerprint density at radius 3 is 2.70 bits per heavy atom. The molecule has 0 amide bonds. The summed E-state index contributed by atoms with van der Waals surface area (Å²) in [6.07, 6.45) is 7.47. The summed E-state index contributed by atoms with van der Waals surface area (Å²) < 4.78 is 3.28. The van der Waals surface area contributed by atoms with E-state index in [0.29, 0.717) is 0 Å². The molecule has 1 N–H and O–H groups in total. The number of aromatic nitrogens is 3. The van der Waals surface area contributed by atoms with Crippen LogP contribution in [0.15, 0.2) is 66.7 Å². The average molecular weight is 320 g/mol. The van der Waals surface area contributed by atoms with Crippen molar-refractivity contribution in [2.45, 2.75) is 13.1 Å². The van der Waals surface area contributed by atoms with Crippen molar-refractivity contribution in [2.75, 3.05) is 5.32 Å². The Labute approximate surface area is 138 Å². The molecule has 114 valence electrons. The first-order valence-electron chi connectivity index (χ1n) is 7.48. The number of hydrogen-bond donors (Lipinski definition) is 1.